The van der Waals surface area contributed by atoms with E-state index in [-0.39, 0.29) is 13.2 Å². The summed E-state index contributed by atoms with van der Waals surface area (Å²) >= 11 is 0. The molecule has 0 saturated carbocycles. The average Bonchev–Trinajstić information content (AvgIpc) is 2.80. The van der Waals surface area contributed by atoms with Crippen LogP contribution < -0.4 is 5.32 Å². The van der Waals surface area contributed by atoms with Crippen LogP contribution in [0.2, 0.25) is 0 Å². The van der Waals surface area contributed by atoms with Gasteiger partial charge in [-0.2, -0.15) is 5.10 Å². The summed E-state index contributed by atoms with van der Waals surface area (Å²) in [6.45, 7) is 2.06. The monoisotopic (exact) mass is 283 g/mol. The van der Waals surface area contributed by atoms with Crippen molar-refractivity contribution in [2.45, 2.75) is 38.8 Å². The lowest BCUT2D eigenvalue weighted by Crippen LogP contribution is -2.42. The summed E-state index contributed by atoms with van der Waals surface area (Å²) in [5.74, 6) is -1.44. The molecule has 7 heteroatoms. The first kappa shape index (κ1) is 16.2. The van der Waals surface area contributed by atoms with Crippen LogP contribution in [0.25, 0.3) is 0 Å². The maximum atomic E-state index is 11.6. The first-order valence-corrected chi connectivity index (χ1v) is 6.61. The summed E-state index contributed by atoms with van der Waals surface area (Å²) in [4.78, 5) is 22.6. The highest BCUT2D eigenvalue weighted by molar-refractivity contribution is 5.84. The third-order valence-corrected chi connectivity index (χ3v) is 2.89. The Kier molecular flexibility index (Phi) is 6.72. The maximum absolute atomic E-state index is 11.6. The van der Waals surface area contributed by atoms with E-state index in [1.165, 1.54) is 0 Å². The first-order valence-electron chi connectivity index (χ1n) is 6.61. The van der Waals surface area contributed by atoms with Crippen molar-refractivity contribution in [3.8, 4) is 0 Å². The van der Waals surface area contributed by atoms with Gasteiger partial charge in [0.05, 0.1) is 12.3 Å². The summed E-state index contributed by atoms with van der Waals surface area (Å²) < 4.78 is 6.89. The Morgan fingerprint density at radius 1 is 1.55 bits per heavy atom. The number of rotatable bonds is 9. The van der Waals surface area contributed by atoms with Crippen molar-refractivity contribution in [2.24, 2.45) is 7.05 Å². The lowest BCUT2D eigenvalue weighted by Gasteiger charge is -2.14. The molecule has 0 aromatic carbocycles. The Morgan fingerprint density at radius 2 is 2.30 bits per heavy atom. The largest absolute Gasteiger partial charge is 0.480 e. The number of amides is 1. The fourth-order valence-electron chi connectivity index (χ4n) is 1.69. The van der Waals surface area contributed by atoms with Gasteiger partial charge >= 0.3 is 5.97 Å². The molecule has 0 aliphatic rings. The molecule has 0 fully saturated rings. The third-order valence-electron chi connectivity index (χ3n) is 2.89. The van der Waals surface area contributed by atoms with Crippen LogP contribution in [0.5, 0.6) is 0 Å². The van der Waals surface area contributed by atoms with Crippen molar-refractivity contribution in [1.29, 1.82) is 0 Å². The van der Waals surface area contributed by atoms with Crippen molar-refractivity contribution in [3.05, 3.63) is 18.0 Å². The van der Waals surface area contributed by atoms with E-state index >= 15 is 0 Å². The number of carbonyl (C=O) groups excluding carboxylic acids is 1. The van der Waals surface area contributed by atoms with Crippen molar-refractivity contribution < 1.29 is 19.4 Å². The zero-order valence-corrected chi connectivity index (χ0v) is 11.8. The zero-order chi connectivity index (χ0) is 15.0. The number of aliphatic carboxylic acids is 1. The maximum Gasteiger partial charge on any atom is 0.326 e. The standard InChI is InChI=1S/C13H21N3O4/c1-3-4-5-11(13(18)19)15-12(17)9-20-8-10-6-7-14-16(10)2/h6-7,11H,3-5,8-9H2,1-2H3,(H,15,17)(H,18,19). The Bertz CT molecular complexity index is 445. The average molecular weight is 283 g/mol. The SMILES string of the molecule is CCCCC(NC(=O)COCc1ccnn1C)C(=O)O. The minimum atomic E-state index is -1.02. The van der Waals surface area contributed by atoms with Crippen LogP contribution in [-0.2, 0) is 28.0 Å². The minimum absolute atomic E-state index is 0.166. The number of nitrogens with zero attached hydrogens (tertiary/aromatic N) is 2. The van der Waals surface area contributed by atoms with E-state index in [1.807, 2.05) is 6.92 Å². The van der Waals surface area contributed by atoms with Crippen LogP contribution >= 0.6 is 0 Å². The second-order valence-electron chi connectivity index (χ2n) is 4.54. The van der Waals surface area contributed by atoms with E-state index in [0.29, 0.717) is 6.42 Å². The minimum Gasteiger partial charge on any atom is -0.480 e. The van der Waals surface area contributed by atoms with E-state index < -0.39 is 17.9 Å². The molecule has 1 atom stereocenters. The summed E-state index contributed by atoms with van der Waals surface area (Å²) in [6, 6.07) is 0.946. The number of carboxylic acid groups (broad SMARTS) is 1. The van der Waals surface area contributed by atoms with Crippen molar-refractivity contribution in [1.82, 2.24) is 15.1 Å². The molecule has 1 aromatic rings. The predicted octanol–water partition coefficient (Wildman–Crippen LogP) is 0.696. The van der Waals surface area contributed by atoms with Crippen LogP contribution in [0.4, 0.5) is 0 Å². The van der Waals surface area contributed by atoms with E-state index in [1.54, 1.807) is 24.0 Å². The number of hydrogen-bond donors (Lipinski definition) is 2. The second kappa shape index (κ2) is 8.31. The number of aryl methyl sites for hydroxylation is 1. The molecule has 0 aliphatic carbocycles. The van der Waals surface area contributed by atoms with Gasteiger partial charge in [0.15, 0.2) is 0 Å². The lowest BCUT2D eigenvalue weighted by atomic mass is 10.1. The number of unbranched alkanes of at least 4 members (excludes halogenated alkanes) is 1. The smallest absolute Gasteiger partial charge is 0.326 e. The molecule has 0 bridgehead atoms. The molecule has 20 heavy (non-hydrogen) atoms. The van der Waals surface area contributed by atoms with Crippen LogP contribution in [0.1, 0.15) is 31.9 Å². The first-order chi connectivity index (χ1) is 9.54. The Morgan fingerprint density at radius 3 is 2.85 bits per heavy atom. The number of carbonyl (C=O) groups is 2. The second-order valence-corrected chi connectivity index (χ2v) is 4.54. The van der Waals surface area contributed by atoms with Gasteiger partial charge < -0.3 is 15.2 Å². The Hall–Kier alpha value is -1.89. The highest BCUT2D eigenvalue weighted by Crippen LogP contribution is 2.02. The molecule has 112 valence electrons. The quantitative estimate of drug-likeness (QED) is 0.695. The molecule has 1 heterocycles. The van der Waals surface area contributed by atoms with E-state index in [9.17, 15) is 9.59 Å². The van der Waals surface area contributed by atoms with Crippen molar-refractivity contribution >= 4 is 11.9 Å². The zero-order valence-electron chi connectivity index (χ0n) is 11.8. The molecule has 2 N–H and O–H groups in total. The third kappa shape index (κ3) is 5.40. The van der Waals surface area contributed by atoms with Gasteiger partial charge in [-0.15, -0.1) is 0 Å². The number of carboxylic acids is 1. The van der Waals surface area contributed by atoms with Gasteiger partial charge in [0.1, 0.15) is 12.6 Å². The molecule has 1 unspecified atom stereocenters. The van der Waals surface area contributed by atoms with Crippen LogP contribution in [0, 0.1) is 0 Å². The van der Waals surface area contributed by atoms with E-state index in [0.717, 1.165) is 18.5 Å². The van der Waals surface area contributed by atoms with E-state index in [4.69, 9.17) is 9.84 Å². The van der Waals surface area contributed by atoms with Gasteiger partial charge in [0, 0.05) is 13.2 Å². The molecule has 1 aromatic heterocycles. The molecular weight excluding hydrogens is 262 g/mol. The topological polar surface area (TPSA) is 93.5 Å². The summed E-state index contributed by atoms with van der Waals surface area (Å²) in [5, 5.41) is 15.4. The number of hydrogen-bond acceptors (Lipinski definition) is 4. The van der Waals surface area contributed by atoms with Gasteiger partial charge in [0.2, 0.25) is 5.91 Å². The highest BCUT2D eigenvalue weighted by Gasteiger charge is 2.19. The van der Waals surface area contributed by atoms with Gasteiger partial charge in [0.25, 0.3) is 0 Å². The van der Waals surface area contributed by atoms with Gasteiger partial charge in [-0.05, 0) is 12.5 Å². The van der Waals surface area contributed by atoms with Crippen molar-refractivity contribution in [3.63, 3.8) is 0 Å². The molecule has 1 amide bonds. The normalized spacial score (nSPS) is 12.1. The summed E-state index contributed by atoms with van der Waals surface area (Å²) in [6.07, 6.45) is 3.72. The predicted molar refractivity (Wildman–Crippen MR) is 72.0 cm³/mol. The van der Waals surface area contributed by atoms with Gasteiger partial charge in [-0.25, -0.2) is 4.79 Å². The molecule has 0 saturated heterocycles. The molecule has 0 aliphatic heterocycles. The van der Waals surface area contributed by atoms with Crippen molar-refractivity contribution in [2.75, 3.05) is 6.61 Å². The molecule has 1 rings (SSSR count). The van der Waals surface area contributed by atoms with Crippen LogP contribution in [0.3, 0.4) is 0 Å². The van der Waals surface area contributed by atoms with Gasteiger partial charge in [-0.3, -0.25) is 9.48 Å². The molecule has 0 spiro atoms. The lowest BCUT2D eigenvalue weighted by molar-refractivity contribution is -0.142. The number of aromatic nitrogens is 2. The number of nitrogens with one attached hydrogen (secondary N) is 1. The summed E-state index contributed by atoms with van der Waals surface area (Å²) in [5.41, 5.74) is 0.846. The Labute approximate surface area is 117 Å². The Balaban J connectivity index is 2.31. The van der Waals surface area contributed by atoms with Crippen LogP contribution in [-0.4, -0.2) is 39.4 Å². The fourth-order valence-corrected chi connectivity index (χ4v) is 1.69. The highest BCUT2D eigenvalue weighted by atomic mass is 16.5. The molecular formula is C13H21N3O4. The molecule has 7 nitrogen and oxygen atoms in total. The fraction of sp³-hybridized carbons (Fsp3) is 0.615. The molecule has 0 radical (unpaired) electrons. The van der Waals surface area contributed by atoms with E-state index in [2.05, 4.69) is 10.4 Å². The number of ether oxygens (including phenoxy) is 1. The van der Waals surface area contributed by atoms with Gasteiger partial charge in [-0.1, -0.05) is 19.8 Å². The summed E-state index contributed by atoms with van der Waals surface area (Å²) in [7, 11) is 1.78. The van der Waals surface area contributed by atoms with Crippen LogP contribution in [0.15, 0.2) is 12.3 Å².